The number of hydrogen-bond donors (Lipinski definition) is 0. The first-order chi connectivity index (χ1) is 18.2. The van der Waals surface area contributed by atoms with Crippen molar-refractivity contribution in [3.63, 3.8) is 0 Å². The number of piperidine rings is 1. The molecule has 2 aromatic heterocycles. The number of furan rings is 1. The van der Waals surface area contributed by atoms with E-state index in [0.29, 0.717) is 49.8 Å². The van der Waals surface area contributed by atoms with Crippen LogP contribution >= 0.6 is 11.8 Å². The molecule has 208 valence electrons. The van der Waals surface area contributed by atoms with Crippen molar-refractivity contribution in [1.29, 1.82) is 0 Å². The van der Waals surface area contributed by atoms with Gasteiger partial charge >= 0.3 is 5.97 Å². The van der Waals surface area contributed by atoms with Crippen LogP contribution in [-0.4, -0.2) is 84.1 Å². The Morgan fingerprint density at radius 2 is 1.76 bits per heavy atom. The molecule has 4 heterocycles. The van der Waals surface area contributed by atoms with E-state index in [4.69, 9.17) is 19.1 Å². The number of hydrogen-bond acceptors (Lipinski definition) is 9. The van der Waals surface area contributed by atoms with Crippen LogP contribution in [-0.2, 0) is 20.7 Å². The molecule has 2 aromatic rings. The Morgan fingerprint density at radius 3 is 2.39 bits per heavy atom. The summed E-state index contributed by atoms with van der Waals surface area (Å²) in [5.41, 5.74) is 0.924. The van der Waals surface area contributed by atoms with Gasteiger partial charge in [0.2, 0.25) is 0 Å². The van der Waals surface area contributed by atoms with E-state index in [1.165, 1.54) is 11.8 Å². The largest absolute Gasteiger partial charge is 0.466 e. The van der Waals surface area contributed by atoms with Crippen LogP contribution in [0.25, 0.3) is 0 Å². The zero-order chi connectivity index (χ0) is 27.3. The highest BCUT2D eigenvalue weighted by Crippen LogP contribution is 2.29. The molecule has 9 nitrogen and oxygen atoms in total. The summed E-state index contributed by atoms with van der Waals surface area (Å²) in [4.78, 5) is 41.3. The van der Waals surface area contributed by atoms with Crippen molar-refractivity contribution in [3.05, 3.63) is 35.4 Å². The van der Waals surface area contributed by atoms with Crippen molar-refractivity contribution in [3.8, 4) is 0 Å². The molecule has 2 fully saturated rings. The number of aromatic nitrogens is 2. The summed E-state index contributed by atoms with van der Waals surface area (Å²) in [6.07, 6.45) is 1.23. The lowest BCUT2D eigenvalue weighted by molar-refractivity contribution is -0.149. The van der Waals surface area contributed by atoms with Crippen molar-refractivity contribution in [1.82, 2.24) is 19.8 Å². The Hall–Kier alpha value is -2.59. The van der Waals surface area contributed by atoms with E-state index >= 15 is 0 Å². The highest BCUT2D eigenvalue weighted by Gasteiger charge is 2.30. The first-order valence-electron chi connectivity index (χ1n) is 13.7. The maximum Gasteiger partial charge on any atom is 0.309 e. The summed E-state index contributed by atoms with van der Waals surface area (Å²) >= 11 is 1.53. The average Bonchev–Trinajstić information content (AvgIpc) is 3.40. The number of anilines is 1. The van der Waals surface area contributed by atoms with Gasteiger partial charge in [0.25, 0.3) is 5.91 Å². The van der Waals surface area contributed by atoms with Crippen LogP contribution in [0.1, 0.15) is 69.5 Å². The second-order valence-corrected chi connectivity index (χ2v) is 11.9. The molecule has 4 rings (SSSR count). The second-order valence-electron chi connectivity index (χ2n) is 10.9. The van der Waals surface area contributed by atoms with E-state index in [-0.39, 0.29) is 23.2 Å². The zero-order valence-corrected chi connectivity index (χ0v) is 24.2. The van der Waals surface area contributed by atoms with Gasteiger partial charge in [-0.05, 0) is 38.4 Å². The minimum Gasteiger partial charge on any atom is -0.466 e. The Bertz CT molecular complexity index is 1100. The Labute approximate surface area is 230 Å². The lowest BCUT2D eigenvalue weighted by Crippen LogP contribution is -2.46. The fourth-order valence-corrected chi connectivity index (χ4v) is 5.50. The van der Waals surface area contributed by atoms with E-state index in [2.05, 4.69) is 43.6 Å². The van der Waals surface area contributed by atoms with Gasteiger partial charge in [0, 0.05) is 50.7 Å². The SMILES string of the molecule is CCOC(=O)C1CCN(C(=O)c2ccc(CSc3nc(N4CCN(CC)CC4)cc(C(C)(C)C)n3)o2)CC1. The first-order valence-corrected chi connectivity index (χ1v) is 14.7. The van der Waals surface area contributed by atoms with Gasteiger partial charge in [0.1, 0.15) is 11.6 Å². The monoisotopic (exact) mass is 543 g/mol. The van der Waals surface area contributed by atoms with Gasteiger partial charge in [0.05, 0.1) is 24.0 Å². The van der Waals surface area contributed by atoms with Gasteiger partial charge in [-0.25, -0.2) is 9.97 Å². The predicted octanol–water partition coefficient (Wildman–Crippen LogP) is 4.22. The predicted molar refractivity (Wildman–Crippen MR) is 149 cm³/mol. The van der Waals surface area contributed by atoms with Gasteiger partial charge < -0.3 is 23.9 Å². The molecule has 2 aliphatic rings. The Balaban J connectivity index is 1.38. The van der Waals surface area contributed by atoms with Crippen LogP contribution in [0.3, 0.4) is 0 Å². The smallest absolute Gasteiger partial charge is 0.309 e. The molecule has 0 saturated carbocycles. The molecule has 0 aromatic carbocycles. The summed E-state index contributed by atoms with van der Waals surface area (Å²) < 4.78 is 11.1. The number of carbonyl (C=O) groups excluding carboxylic acids is 2. The Morgan fingerprint density at radius 1 is 1.05 bits per heavy atom. The summed E-state index contributed by atoms with van der Waals surface area (Å²) in [6, 6.07) is 5.71. The van der Waals surface area contributed by atoms with E-state index < -0.39 is 0 Å². The third kappa shape index (κ3) is 7.08. The third-order valence-electron chi connectivity index (χ3n) is 7.22. The number of carbonyl (C=O) groups is 2. The maximum absolute atomic E-state index is 13.0. The number of likely N-dealkylation sites (N-methyl/N-ethyl adjacent to an activating group) is 1. The van der Waals surface area contributed by atoms with E-state index in [9.17, 15) is 9.59 Å². The zero-order valence-electron chi connectivity index (χ0n) is 23.4. The molecule has 10 heteroatoms. The number of esters is 1. The molecule has 2 saturated heterocycles. The Kier molecular flexibility index (Phi) is 9.36. The number of likely N-dealkylation sites (tertiary alicyclic amines) is 1. The van der Waals surface area contributed by atoms with Crippen LogP contribution in [0.5, 0.6) is 0 Å². The normalized spacial score (nSPS) is 17.6. The van der Waals surface area contributed by atoms with Gasteiger partial charge in [0.15, 0.2) is 10.9 Å². The number of nitrogens with zero attached hydrogens (tertiary/aromatic N) is 5. The van der Waals surface area contributed by atoms with E-state index in [1.807, 2.05) is 13.0 Å². The van der Waals surface area contributed by atoms with Crippen LogP contribution in [0.15, 0.2) is 27.8 Å². The molecule has 0 aliphatic carbocycles. The van der Waals surface area contributed by atoms with Crippen molar-refractivity contribution >= 4 is 29.5 Å². The number of ether oxygens (including phenoxy) is 1. The van der Waals surface area contributed by atoms with Gasteiger partial charge in [-0.15, -0.1) is 0 Å². The summed E-state index contributed by atoms with van der Waals surface area (Å²) in [7, 11) is 0. The van der Waals surface area contributed by atoms with Crippen molar-refractivity contribution in [2.24, 2.45) is 5.92 Å². The van der Waals surface area contributed by atoms with Crippen molar-refractivity contribution < 1.29 is 18.7 Å². The van der Waals surface area contributed by atoms with E-state index in [1.54, 1.807) is 11.0 Å². The highest BCUT2D eigenvalue weighted by molar-refractivity contribution is 7.98. The molecular formula is C28H41N5O4S. The average molecular weight is 544 g/mol. The minimum absolute atomic E-state index is 0.0940. The minimum atomic E-state index is -0.166. The molecule has 0 N–H and O–H groups in total. The summed E-state index contributed by atoms with van der Waals surface area (Å²) in [5, 5.41) is 0.718. The summed E-state index contributed by atoms with van der Waals surface area (Å²) in [5.74, 6) is 2.12. The second kappa shape index (κ2) is 12.5. The lowest BCUT2D eigenvalue weighted by Gasteiger charge is -2.35. The fraction of sp³-hybridized carbons (Fsp3) is 0.643. The van der Waals surface area contributed by atoms with Gasteiger partial charge in [-0.1, -0.05) is 39.5 Å². The number of rotatable bonds is 8. The highest BCUT2D eigenvalue weighted by atomic mass is 32.2. The molecule has 0 spiro atoms. The standard InChI is InChI=1S/C28H41N5O4S/c1-6-31-14-16-32(17-15-31)24-18-23(28(3,4)5)29-27(30-24)38-19-21-8-9-22(37-21)25(34)33-12-10-20(11-13-33)26(35)36-7-2/h8-9,18,20H,6-7,10-17,19H2,1-5H3. The van der Waals surface area contributed by atoms with Crippen LogP contribution in [0.2, 0.25) is 0 Å². The van der Waals surface area contributed by atoms with Crippen LogP contribution in [0, 0.1) is 5.92 Å². The van der Waals surface area contributed by atoms with Crippen LogP contribution in [0.4, 0.5) is 5.82 Å². The van der Waals surface area contributed by atoms with Crippen LogP contribution < -0.4 is 4.90 Å². The topological polar surface area (TPSA) is 92.0 Å². The molecule has 1 amide bonds. The molecule has 0 atom stereocenters. The van der Waals surface area contributed by atoms with Gasteiger partial charge in [-0.2, -0.15) is 0 Å². The fourth-order valence-electron chi connectivity index (χ4n) is 4.76. The van der Waals surface area contributed by atoms with Crippen molar-refractivity contribution in [2.75, 3.05) is 57.3 Å². The number of piperazine rings is 1. The summed E-state index contributed by atoms with van der Waals surface area (Å²) in [6.45, 7) is 17.0. The molecule has 0 unspecified atom stereocenters. The number of amides is 1. The molecule has 0 bridgehead atoms. The quantitative estimate of drug-likeness (QED) is 0.276. The molecule has 2 aliphatic heterocycles. The van der Waals surface area contributed by atoms with E-state index in [0.717, 1.165) is 49.4 Å². The maximum atomic E-state index is 13.0. The van der Waals surface area contributed by atoms with Gasteiger partial charge in [-0.3, -0.25) is 9.59 Å². The molecule has 38 heavy (non-hydrogen) atoms. The lowest BCUT2D eigenvalue weighted by atomic mass is 9.92. The first kappa shape index (κ1) is 28.4. The molecule has 0 radical (unpaired) electrons. The third-order valence-corrected chi connectivity index (χ3v) is 8.09. The number of thioether (sulfide) groups is 1. The molecular weight excluding hydrogens is 502 g/mol. The van der Waals surface area contributed by atoms with Crippen molar-refractivity contribution in [2.45, 2.75) is 63.8 Å².